The maximum atomic E-state index is 11.8. The summed E-state index contributed by atoms with van der Waals surface area (Å²) in [5.41, 5.74) is 0.761. The van der Waals surface area contributed by atoms with Crippen LogP contribution in [0.1, 0.15) is 25.0 Å². The topological polar surface area (TPSA) is 67.2 Å². The number of aliphatic hydroxyl groups is 1. The number of amides is 1. The van der Waals surface area contributed by atoms with Crippen LogP contribution in [0.25, 0.3) is 0 Å². The molecular weight excluding hydrogens is 266 g/mol. The number of aromatic nitrogens is 2. The predicted molar refractivity (Wildman–Crippen MR) is 80.4 cm³/mol. The normalized spacial score (nSPS) is 13.6. The first kappa shape index (κ1) is 15.3. The van der Waals surface area contributed by atoms with Gasteiger partial charge < -0.3 is 10.4 Å². The van der Waals surface area contributed by atoms with Gasteiger partial charge in [-0.25, -0.2) is 0 Å². The Hall–Kier alpha value is -2.14. The summed E-state index contributed by atoms with van der Waals surface area (Å²) in [5, 5.41) is 17.0. The largest absolute Gasteiger partial charge is 0.388 e. The maximum absolute atomic E-state index is 11.8. The Morgan fingerprint density at radius 3 is 2.76 bits per heavy atom. The van der Waals surface area contributed by atoms with Gasteiger partial charge >= 0.3 is 0 Å². The lowest BCUT2D eigenvalue weighted by Crippen LogP contribution is -2.31. The minimum atomic E-state index is -0.757. The fourth-order valence-corrected chi connectivity index (χ4v) is 2.12. The molecule has 0 aliphatic heterocycles. The van der Waals surface area contributed by atoms with Crippen molar-refractivity contribution in [1.82, 2.24) is 15.1 Å². The zero-order chi connectivity index (χ0) is 15.1. The monoisotopic (exact) mass is 287 g/mol. The van der Waals surface area contributed by atoms with E-state index in [0.717, 1.165) is 12.1 Å². The summed E-state index contributed by atoms with van der Waals surface area (Å²) in [6, 6.07) is 11.1. The molecule has 0 bridgehead atoms. The molecule has 2 aromatic rings. The van der Waals surface area contributed by atoms with E-state index in [9.17, 15) is 9.90 Å². The molecule has 0 saturated heterocycles. The highest BCUT2D eigenvalue weighted by Crippen LogP contribution is 2.15. The molecule has 5 heteroatoms. The van der Waals surface area contributed by atoms with E-state index >= 15 is 0 Å². The standard InChI is InChI=1S/C16H21N3O2/c1-13(12-19-9-5-8-18-19)11-17-16(21)10-15(20)14-6-3-2-4-7-14/h2-9,13,15,20H,10-12H2,1H3,(H,17,21). The quantitative estimate of drug-likeness (QED) is 0.815. The second kappa shape index (κ2) is 7.59. The molecule has 0 saturated carbocycles. The van der Waals surface area contributed by atoms with Crippen molar-refractivity contribution in [3.05, 3.63) is 54.4 Å². The van der Waals surface area contributed by atoms with E-state index in [1.807, 2.05) is 47.3 Å². The number of carbonyl (C=O) groups excluding carboxylic acids is 1. The van der Waals surface area contributed by atoms with E-state index in [2.05, 4.69) is 17.3 Å². The molecule has 21 heavy (non-hydrogen) atoms. The van der Waals surface area contributed by atoms with Crippen molar-refractivity contribution >= 4 is 5.91 Å². The van der Waals surface area contributed by atoms with Gasteiger partial charge in [-0.15, -0.1) is 0 Å². The highest BCUT2D eigenvalue weighted by atomic mass is 16.3. The minimum Gasteiger partial charge on any atom is -0.388 e. The van der Waals surface area contributed by atoms with E-state index in [0.29, 0.717) is 6.54 Å². The number of rotatable bonds is 7. The minimum absolute atomic E-state index is 0.0818. The molecule has 2 rings (SSSR count). The van der Waals surface area contributed by atoms with Gasteiger partial charge in [-0.2, -0.15) is 5.10 Å². The second-order valence-electron chi connectivity index (χ2n) is 5.27. The third-order valence-corrected chi connectivity index (χ3v) is 3.27. The lowest BCUT2D eigenvalue weighted by molar-refractivity contribution is -0.123. The molecule has 1 aromatic heterocycles. The van der Waals surface area contributed by atoms with Crippen molar-refractivity contribution in [3.63, 3.8) is 0 Å². The van der Waals surface area contributed by atoms with Crippen LogP contribution in [0, 0.1) is 5.92 Å². The molecule has 2 atom stereocenters. The molecule has 0 radical (unpaired) electrons. The van der Waals surface area contributed by atoms with Crippen LogP contribution in [-0.4, -0.2) is 27.3 Å². The van der Waals surface area contributed by atoms with E-state index in [1.165, 1.54) is 0 Å². The predicted octanol–water partition coefficient (Wildman–Crippen LogP) is 1.76. The molecule has 1 heterocycles. The molecule has 2 N–H and O–H groups in total. The summed E-state index contributed by atoms with van der Waals surface area (Å²) in [7, 11) is 0. The van der Waals surface area contributed by atoms with Gasteiger partial charge in [-0.3, -0.25) is 9.48 Å². The molecule has 1 amide bonds. The van der Waals surface area contributed by atoms with Gasteiger partial charge in [0, 0.05) is 25.5 Å². The Morgan fingerprint density at radius 1 is 1.33 bits per heavy atom. The number of hydrogen-bond acceptors (Lipinski definition) is 3. The van der Waals surface area contributed by atoms with E-state index in [-0.39, 0.29) is 18.2 Å². The van der Waals surface area contributed by atoms with Gasteiger partial charge in [0.2, 0.25) is 5.91 Å². The molecule has 1 aromatic carbocycles. The number of aliphatic hydroxyl groups excluding tert-OH is 1. The van der Waals surface area contributed by atoms with E-state index in [4.69, 9.17) is 0 Å². The molecule has 5 nitrogen and oxygen atoms in total. The summed E-state index contributed by atoms with van der Waals surface area (Å²) in [6.07, 6.45) is 2.96. The van der Waals surface area contributed by atoms with Gasteiger partial charge in [-0.1, -0.05) is 37.3 Å². The van der Waals surface area contributed by atoms with Crippen molar-refractivity contribution in [1.29, 1.82) is 0 Å². The van der Waals surface area contributed by atoms with Crippen LogP contribution in [0.2, 0.25) is 0 Å². The molecular formula is C16H21N3O2. The summed E-state index contributed by atoms with van der Waals surface area (Å²) < 4.78 is 1.84. The number of nitrogens with zero attached hydrogens (tertiary/aromatic N) is 2. The number of carbonyl (C=O) groups is 1. The fourth-order valence-electron chi connectivity index (χ4n) is 2.12. The average molecular weight is 287 g/mol. The summed E-state index contributed by atoms with van der Waals surface area (Å²) in [4.78, 5) is 11.8. The third-order valence-electron chi connectivity index (χ3n) is 3.27. The first-order chi connectivity index (χ1) is 10.1. The molecule has 2 unspecified atom stereocenters. The Balaban J connectivity index is 1.72. The summed E-state index contributed by atoms with van der Waals surface area (Å²) in [5.74, 6) is 0.140. The van der Waals surface area contributed by atoms with Crippen molar-refractivity contribution in [3.8, 4) is 0 Å². The molecule has 0 fully saturated rings. The maximum Gasteiger partial charge on any atom is 0.222 e. The molecule has 0 aliphatic rings. The van der Waals surface area contributed by atoms with Crippen molar-refractivity contribution < 1.29 is 9.90 Å². The smallest absolute Gasteiger partial charge is 0.222 e. The third kappa shape index (κ3) is 5.04. The first-order valence-corrected chi connectivity index (χ1v) is 7.12. The van der Waals surface area contributed by atoms with Crippen LogP contribution in [0.5, 0.6) is 0 Å². The first-order valence-electron chi connectivity index (χ1n) is 7.12. The van der Waals surface area contributed by atoms with Crippen LogP contribution in [-0.2, 0) is 11.3 Å². The molecule has 0 aliphatic carbocycles. The highest BCUT2D eigenvalue weighted by molar-refractivity contribution is 5.76. The van der Waals surface area contributed by atoms with Crippen LogP contribution >= 0.6 is 0 Å². The Bertz CT molecular complexity index is 540. The van der Waals surface area contributed by atoms with Crippen LogP contribution < -0.4 is 5.32 Å². The lowest BCUT2D eigenvalue weighted by Gasteiger charge is -2.14. The van der Waals surface area contributed by atoms with E-state index < -0.39 is 6.10 Å². The second-order valence-corrected chi connectivity index (χ2v) is 5.27. The van der Waals surface area contributed by atoms with Crippen molar-refractivity contribution in [2.24, 2.45) is 5.92 Å². The Labute approximate surface area is 124 Å². The Kier molecular flexibility index (Phi) is 5.51. The average Bonchev–Trinajstić information content (AvgIpc) is 2.99. The van der Waals surface area contributed by atoms with Gasteiger partial charge in [0.15, 0.2) is 0 Å². The van der Waals surface area contributed by atoms with Gasteiger partial charge in [0.25, 0.3) is 0 Å². The molecule has 0 spiro atoms. The van der Waals surface area contributed by atoms with Gasteiger partial charge in [0.1, 0.15) is 0 Å². The number of hydrogen-bond donors (Lipinski definition) is 2. The van der Waals surface area contributed by atoms with Crippen molar-refractivity contribution in [2.45, 2.75) is 26.0 Å². The van der Waals surface area contributed by atoms with Crippen LogP contribution in [0.4, 0.5) is 0 Å². The number of benzene rings is 1. The summed E-state index contributed by atoms with van der Waals surface area (Å²) in [6.45, 7) is 3.38. The number of nitrogens with one attached hydrogen (secondary N) is 1. The molecule has 112 valence electrons. The van der Waals surface area contributed by atoms with Crippen LogP contribution in [0.3, 0.4) is 0 Å². The van der Waals surface area contributed by atoms with Gasteiger partial charge in [-0.05, 0) is 17.5 Å². The van der Waals surface area contributed by atoms with Crippen molar-refractivity contribution in [2.75, 3.05) is 6.54 Å². The summed E-state index contributed by atoms with van der Waals surface area (Å²) >= 11 is 0. The van der Waals surface area contributed by atoms with Gasteiger partial charge in [0.05, 0.1) is 12.5 Å². The zero-order valence-electron chi connectivity index (χ0n) is 12.1. The Morgan fingerprint density at radius 2 is 2.10 bits per heavy atom. The lowest BCUT2D eigenvalue weighted by atomic mass is 10.1. The SMILES string of the molecule is CC(CNC(=O)CC(O)c1ccccc1)Cn1cccn1. The zero-order valence-corrected chi connectivity index (χ0v) is 12.1. The van der Waals surface area contributed by atoms with E-state index in [1.54, 1.807) is 6.20 Å². The van der Waals surface area contributed by atoms with Crippen LogP contribution in [0.15, 0.2) is 48.8 Å². The fraction of sp³-hybridized carbons (Fsp3) is 0.375. The highest BCUT2D eigenvalue weighted by Gasteiger charge is 2.13.